The first-order valence-electron chi connectivity index (χ1n) is 8.21. The third kappa shape index (κ3) is 3.38. The minimum atomic E-state index is -3.66. The minimum Gasteiger partial charge on any atom is -0.273 e. The van der Waals surface area contributed by atoms with Gasteiger partial charge < -0.3 is 0 Å². The van der Waals surface area contributed by atoms with Crippen molar-refractivity contribution in [3.8, 4) is 11.1 Å². The fourth-order valence-electron chi connectivity index (χ4n) is 3.13. The Bertz CT molecular complexity index is 1000. The maximum Gasteiger partial charge on any atom is 0.289 e. The first kappa shape index (κ1) is 18.5. The van der Waals surface area contributed by atoms with E-state index < -0.39 is 10.0 Å². The van der Waals surface area contributed by atoms with E-state index in [1.165, 1.54) is 9.21 Å². The number of nitrogens with zero attached hydrogens (tertiary/aromatic N) is 2. The SMILES string of the molecule is O=C1CSC(=O)N1C1CN(S(=O)(=O)c2ccc(-c3cccc(Cl)c3)cc2)C1. The predicted octanol–water partition coefficient (Wildman–Crippen LogP) is 3.08. The molecule has 0 bridgehead atoms. The van der Waals surface area contributed by atoms with Crippen LogP contribution in [0.2, 0.25) is 5.02 Å². The lowest BCUT2D eigenvalue weighted by atomic mass is 10.1. The van der Waals surface area contributed by atoms with Gasteiger partial charge in [0.2, 0.25) is 15.9 Å². The second-order valence-corrected chi connectivity index (χ2v) is 9.63. The van der Waals surface area contributed by atoms with Crippen LogP contribution in [0.4, 0.5) is 4.79 Å². The number of sulfonamides is 1. The summed E-state index contributed by atoms with van der Waals surface area (Å²) < 4.78 is 26.8. The van der Waals surface area contributed by atoms with Gasteiger partial charge in [0, 0.05) is 18.1 Å². The van der Waals surface area contributed by atoms with E-state index >= 15 is 0 Å². The Labute approximate surface area is 166 Å². The van der Waals surface area contributed by atoms with Crippen LogP contribution >= 0.6 is 23.4 Å². The first-order chi connectivity index (χ1) is 12.9. The Morgan fingerprint density at radius 1 is 1.00 bits per heavy atom. The van der Waals surface area contributed by atoms with Gasteiger partial charge in [0.25, 0.3) is 5.24 Å². The van der Waals surface area contributed by atoms with Crippen LogP contribution < -0.4 is 0 Å². The molecule has 0 unspecified atom stereocenters. The van der Waals surface area contributed by atoms with Crippen LogP contribution in [0.3, 0.4) is 0 Å². The molecule has 0 atom stereocenters. The molecule has 27 heavy (non-hydrogen) atoms. The zero-order valence-electron chi connectivity index (χ0n) is 14.0. The van der Waals surface area contributed by atoms with Gasteiger partial charge in [-0.25, -0.2) is 8.42 Å². The summed E-state index contributed by atoms with van der Waals surface area (Å²) in [5.74, 6) is -0.120. The summed E-state index contributed by atoms with van der Waals surface area (Å²) in [6.07, 6.45) is 0. The van der Waals surface area contributed by atoms with Crippen molar-refractivity contribution in [2.24, 2.45) is 0 Å². The summed E-state index contributed by atoms with van der Waals surface area (Å²) in [6, 6.07) is 13.5. The molecule has 2 heterocycles. The molecule has 6 nitrogen and oxygen atoms in total. The van der Waals surface area contributed by atoms with Crippen molar-refractivity contribution < 1.29 is 18.0 Å². The summed E-state index contributed by atoms with van der Waals surface area (Å²) in [4.78, 5) is 24.8. The fourth-order valence-corrected chi connectivity index (χ4v) is 5.61. The first-order valence-corrected chi connectivity index (χ1v) is 11.0. The van der Waals surface area contributed by atoms with Crippen molar-refractivity contribution in [2.75, 3.05) is 18.8 Å². The van der Waals surface area contributed by atoms with Crippen molar-refractivity contribution in [1.82, 2.24) is 9.21 Å². The number of hydrogen-bond donors (Lipinski definition) is 0. The number of carbonyl (C=O) groups excluding carboxylic acids is 2. The third-order valence-corrected chi connectivity index (χ3v) is 7.54. The topological polar surface area (TPSA) is 74.8 Å². The molecule has 0 spiro atoms. The Morgan fingerprint density at radius 3 is 2.30 bits per heavy atom. The second kappa shape index (κ2) is 6.94. The number of rotatable bonds is 4. The van der Waals surface area contributed by atoms with E-state index in [-0.39, 0.29) is 40.9 Å². The number of benzene rings is 2. The van der Waals surface area contributed by atoms with E-state index in [0.29, 0.717) is 5.02 Å². The Kier molecular flexibility index (Phi) is 4.75. The molecule has 2 aliphatic rings. The lowest BCUT2D eigenvalue weighted by Gasteiger charge is -2.41. The van der Waals surface area contributed by atoms with Crippen LogP contribution in [-0.4, -0.2) is 53.7 Å². The van der Waals surface area contributed by atoms with Crippen LogP contribution in [-0.2, 0) is 14.8 Å². The van der Waals surface area contributed by atoms with Crippen LogP contribution in [0.1, 0.15) is 0 Å². The highest BCUT2D eigenvalue weighted by atomic mass is 35.5. The number of amides is 2. The van der Waals surface area contributed by atoms with E-state index in [9.17, 15) is 18.0 Å². The molecular formula is C18H15ClN2O4S2. The molecule has 2 fully saturated rings. The highest BCUT2D eigenvalue weighted by Crippen LogP contribution is 2.30. The van der Waals surface area contributed by atoms with E-state index in [1.54, 1.807) is 30.3 Å². The number of hydrogen-bond acceptors (Lipinski definition) is 5. The average molecular weight is 423 g/mol. The zero-order chi connectivity index (χ0) is 19.2. The molecule has 2 aromatic rings. The largest absolute Gasteiger partial charge is 0.289 e. The van der Waals surface area contributed by atoms with E-state index in [4.69, 9.17) is 11.6 Å². The molecule has 0 aliphatic carbocycles. The Hall–Kier alpha value is -1.87. The number of imide groups is 1. The van der Waals surface area contributed by atoms with Crippen LogP contribution in [0.25, 0.3) is 11.1 Å². The fraction of sp³-hybridized carbons (Fsp3) is 0.222. The number of thioether (sulfide) groups is 1. The molecule has 0 aromatic heterocycles. The van der Waals surface area contributed by atoms with Crippen LogP contribution in [0.15, 0.2) is 53.4 Å². The van der Waals surface area contributed by atoms with Gasteiger partial charge in [0.1, 0.15) is 0 Å². The van der Waals surface area contributed by atoms with Gasteiger partial charge >= 0.3 is 0 Å². The molecule has 2 amide bonds. The van der Waals surface area contributed by atoms with Gasteiger partial charge in [0.15, 0.2) is 0 Å². The molecule has 0 N–H and O–H groups in total. The van der Waals surface area contributed by atoms with E-state index in [1.807, 2.05) is 18.2 Å². The normalized spacial score (nSPS) is 18.8. The van der Waals surface area contributed by atoms with Gasteiger partial charge in [-0.05, 0) is 35.4 Å². The van der Waals surface area contributed by atoms with Crippen LogP contribution in [0.5, 0.6) is 0 Å². The summed E-state index contributed by atoms with van der Waals surface area (Å²) in [7, 11) is -3.66. The molecule has 2 aromatic carbocycles. The molecule has 140 valence electrons. The van der Waals surface area contributed by atoms with Gasteiger partial charge in [-0.3, -0.25) is 14.5 Å². The standard InChI is InChI=1S/C18H15ClN2O4S2/c19-14-3-1-2-13(8-14)12-4-6-16(7-5-12)27(24,25)20-9-15(10-20)21-17(22)11-26-18(21)23/h1-8,15H,9-11H2. The molecule has 2 saturated heterocycles. The van der Waals surface area contributed by atoms with Gasteiger partial charge in [-0.1, -0.05) is 47.6 Å². The molecule has 4 rings (SSSR count). The molecule has 2 aliphatic heterocycles. The lowest BCUT2D eigenvalue weighted by Crippen LogP contribution is -2.61. The van der Waals surface area contributed by atoms with E-state index in [2.05, 4.69) is 0 Å². The highest BCUT2D eigenvalue weighted by Gasteiger charge is 2.45. The smallest absolute Gasteiger partial charge is 0.273 e. The Balaban J connectivity index is 1.48. The molecule has 9 heteroatoms. The monoisotopic (exact) mass is 422 g/mol. The Morgan fingerprint density at radius 2 is 1.70 bits per heavy atom. The van der Waals surface area contributed by atoms with Crippen molar-refractivity contribution in [3.05, 3.63) is 53.6 Å². The molecule has 0 radical (unpaired) electrons. The molecular weight excluding hydrogens is 408 g/mol. The summed E-state index contributed by atoms with van der Waals surface area (Å²) in [6.45, 7) is 0.271. The van der Waals surface area contributed by atoms with E-state index in [0.717, 1.165) is 22.9 Å². The van der Waals surface area contributed by atoms with Crippen LogP contribution in [0, 0.1) is 0 Å². The maximum absolute atomic E-state index is 12.8. The predicted molar refractivity (Wildman–Crippen MR) is 104 cm³/mol. The third-order valence-electron chi connectivity index (χ3n) is 4.63. The maximum atomic E-state index is 12.8. The van der Waals surface area contributed by atoms with Gasteiger partial charge in [-0.2, -0.15) is 4.31 Å². The van der Waals surface area contributed by atoms with Crippen molar-refractivity contribution in [1.29, 1.82) is 0 Å². The second-order valence-electron chi connectivity index (χ2n) is 6.33. The molecule has 0 saturated carbocycles. The number of halogens is 1. The zero-order valence-corrected chi connectivity index (χ0v) is 16.4. The number of carbonyl (C=O) groups is 2. The minimum absolute atomic E-state index is 0.132. The van der Waals surface area contributed by atoms with Gasteiger partial charge in [-0.15, -0.1) is 0 Å². The van der Waals surface area contributed by atoms with Crippen molar-refractivity contribution in [2.45, 2.75) is 10.9 Å². The summed E-state index contributed by atoms with van der Waals surface area (Å²) in [5.41, 5.74) is 1.77. The quantitative estimate of drug-likeness (QED) is 0.756. The van der Waals surface area contributed by atoms with Crippen molar-refractivity contribution in [3.63, 3.8) is 0 Å². The summed E-state index contributed by atoms with van der Waals surface area (Å²) >= 11 is 6.96. The summed E-state index contributed by atoms with van der Waals surface area (Å²) in [5, 5.41) is 0.313. The van der Waals surface area contributed by atoms with Crippen molar-refractivity contribution >= 4 is 44.5 Å². The highest BCUT2D eigenvalue weighted by molar-refractivity contribution is 8.14. The van der Waals surface area contributed by atoms with Gasteiger partial charge in [0.05, 0.1) is 16.7 Å². The average Bonchev–Trinajstić information content (AvgIpc) is 2.93. The lowest BCUT2D eigenvalue weighted by molar-refractivity contribution is -0.127.